The fourth-order valence-electron chi connectivity index (χ4n) is 1.26. The van der Waals surface area contributed by atoms with Crippen LogP contribution in [0.1, 0.15) is 10.4 Å². The van der Waals surface area contributed by atoms with Crippen molar-refractivity contribution in [3.8, 4) is 0 Å². The van der Waals surface area contributed by atoms with Crippen LogP contribution in [0, 0.1) is 6.92 Å². The number of pyridine rings is 1. The molecule has 0 unspecified atom stereocenters. The van der Waals surface area contributed by atoms with Crippen molar-refractivity contribution in [3.05, 3.63) is 38.6 Å². The summed E-state index contributed by atoms with van der Waals surface area (Å²) in [6.07, 6.45) is 1.78. The Hall–Kier alpha value is -1.07. The lowest BCUT2D eigenvalue weighted by atomic mass is 10.2. The molecule has 0 fully saturated rings. The van der Waals surface area contributed by atoms with Gasteiger partial charge in [-0.1, -0.05) is 0 Å². The van der Waals surface area contributed by atoms with E-state index >= 15 is 0 Å². The number of anilines is 2. The first-order valence-electron chi connectivity index (χ1n) is 4.85. The van der Waals surface area contributed by atoms with E-state index in [0.717, 1.165) is 27.4 Å². The number of nitrogens with two attached hydrogens (primary N) is 1. The van der Waals surface area contributed by atoms with Crippen LogP contribution < -0.4 is 11.1 Å². The Balaban J connectivity index is 2.02. The quantitative estimate of drug-likeness (QED) is 0.913. The molecule has 2 aromatic heterocycles. The molecule has 2 heterocycles. The smallest absolute Gasteiger partial charge is 0.128 e. The normalized spacial score (nSPS) is 10.4. The summed E-state index contributed by atoms with van der Waals surface area (Å²) in [5.41, 5.74) is 7.58. The molecule has 16 heavy (non-hydrogen) atoms. The van der Waals surface area contributed by atoms with Gasteiger partial charge in [0.15, 0.2) is 0 Å². The molecule has 3 nitrogen and oxygen atoms in total. The molecule has 2 aromatic rings. The topological polar surface area (TPSA) is 50.9 Å². The summed E-state index contributed by atoms with van der Waals surface area (Å²) in [6.45, 7) is 2.72. The highest BCUT2D eigenvalue weighted by Gasteiger charge is 2.00. The molecule has 84 valence electrons. The second kappa shape index (κ2) is 4.84. The third-order valence-electron chi connectivity index (χ3n) is 2.22. The van der Waals surface area contributed by atoms with Crippen LogP contribution in [-0.4, -0.2) is 4.98 Å². The van der Waals surface area contributed by atoms with Crippen molar-refractivity contribution in [2.45, 2.75) is 13.5 Å². The largest absolute Gasteiger partial charge is 0.398 e. The maximum atomic E-state index is 5.81. The van der Waals surface area contributed by atoms with Gasteiger partial charge in [-0.25, -0.2) is 4.98 Å². The fraction of sp³-hybridized carbons (Fsp3) is 0.182. The van der Waals surface area contributed by atoms with Crippen molar-refractivity contribution >= 4 is 38.8 Å². The van der Waals surface area contributed by atoms with Crippen LogP contribution >= 0.6 is 27.3 Å². The van der Waals surface area contributed by atoms with Gasteiger partial charge >= 0.3 is 0 Å². The zero-order valence-corrected chi connectivity index (χ0v) is 11.2. The summed E-state index contributed by atoms with van der Waals surface area (Å²) in [7, 11) is 0. The molecule has 0 aliphatic heterocycles. The molecule has 0 spiro atoms. The second-order valence-electron chi connectivity index (χ2n) is 3.49. The Kier molecular flexibility index (Phi) is 3.46. The molecule has 5 heteroatoms. The first kappa shape index (κ1) is 11.4. The summed E-state index contributed by atoms with van der Waals surface area (Å²) >= 11 is 5.14. The minimum Gasteiger partial charge on any atom is -0.398 e. The van der Waals surface area contributed by atoms with Gasteiger partial charge in [-0.15, -0.1) is 11.3 Å². The Bertz CT molecular complexity index is 496. The van der Waals surface area contributed by atoms with E-state index in [0.29, 0.717) is 0 Å². The van der Waals surface area contributed by atoms with E-state index < -0.39 is 0 Å². The number of aromatic nitrogens is 1. The number of nitrogens with one attached hydrogen (secondary N) is 1. The Morgan fingerprint density at radius 2 is 2.31 bits per heavy atom. The highest BCUT2D eigenvalue weighted by Crippen LogP contribution is 2.23. The molecule has 0 saturated carbocycles. The van der Waals surface area contributed by atoms with E-state index in [-0.39, 0.29) is 0 Å². The predicted octanol–water partition coefficient (Wildman–Crippen LogP) is 3.41. The molecule has 0 atom stereocenters. The summed E-state index contributed by atoms with van der Waals surface area (Å²) in [5.74, 6) is 0.813. The van der Waals surface area contributed by atoms with Crippen LogP contribution in [-0.2, 0) is 6.54 Å². The van der Waals surface area contributed by atoms with E-state index in [4.69, 9.17) is 5.73 Å². The third-order valence-corrected chi connectivity index (χ3v) is 3.84. The SMILES string of the molecule is Cc1cnc(NCc2ccc(Br)s2)cc1N. The lowest BCUT2D eigenvalue weighted by molar-refractivity contribution is 1.13. The summed E-state index contributed by atoms with van der Waals surface area (Å²) in [5, 5.41) is 3.24. The zero-order valence-electron chi connectivity index (χ0n) is 8.83. The Morgan fingerprint density at radius 1 is 1.50 bits per heavy atom. The maximum Gasteiger partial charge on any atom is 0.128 e. The van der Waals surface area contributed by atoms with Crippen molar-refractivity contribution in [1.82, 2.24) is 4.98 Å². The standard InChI is InChI=1S/C11H12BrN3S/c1-7-5-14-11(4-9(7)13)15-6-8-2-3-10(12)16-8/h2-5H,6H2,1H3,(H3,13,14,15). The van der Waals surface area contributed by atoms with Gasteiger partial charge in [-0.05, 0) is 40.5 Å². The van der Waals surface area contributed by atoms with E-state index in [9.17, 15) is 0 Å². The first-order valence-corrected chi connectivity index (χ1v) is 6.46. The van der Waals surface area contributed by atoms with Gasteiger partial charge in [0, 0.05) is 22.8 Å². The van der Waals surface area contributed by atoms with Gasteiger partial charge in [0.1, 0.15) is 5.82 Å². The van der Waals surface area contributed by atoms with Gasteiger partial charge in [0.25, 0.3) is 0 Å². The predicted molar refractivity (Wildman–Crippen MR) is 72.7 cm³/mol. The molecule has 0 aliphatic rings. The summed E-state index contributed by atoms with van der Waals surface area (Å²) in [6, 6.07) is 5.98. The summed E-state index contributed by atoms with van der Waals surface area (Å²) < 4.78 is 1.14. The second-order valence-corrected chi connectivity index (χ2v) is 6.03. The van der Waals surface area contributed by atoms with Crippen LogP contribution in [0.2, 0.25) is 0 Å². The highest BCUT2D eigenvalue weighted by molar-refractivity contribution is 9.11. The molecule has 2 rings (SSSR count). The number of hydrogen-bond donors (Lipinski definition) is 2. The minimum absolute atomic E-state index is 0.768. The molecule has 0 bridgehead atoms. The van der Waals surface area contributed by atoms with Crippen molar-refractivity contribution < 1.29 is 0 Å². The maximum absolute atomic E-state index is 5.81. The first-order chi connectivity index (χ1) is 7.65. The molecule has 3 N–H and O–H groups in total. The van der Waals surface area contributed by atoms with Crippen LogP contribution in [0.25, 0.3) is 0 Å². The lowest BCUT2D eigenvalue weighted by Crippen LogP contribution is -2.01. The number of aryl methyl sites for hydroxylation is 1. The Labute approximate surface area is 107 Å². The van der Waals surface area contributed by atoms with Crippen molar-refractivity contribution in [2.24, 2.45) is 0 Å². The molecule has 0 radical (unpaired) electrons. The lowest BCUT2D eigenvalue weighted by Gasteiger charge is -2.06. The van der Waals surface area contributed by atoms with Gasteiger partial charge < -0.3 is 11.1 Å². The summed E-state index contributed by atoms with van der Waals surface area (Å²) in [4.78, 5) is 5.52. The molecule has 0 saturated heterocycles. The molecular weight excluding hydrogens is 286 g/mol. The van der Waals surface area contributed by atoms with Crippen LogP contribution in [0.5, 0.6) is 0 Å². The number of thiophene rings is 1. The van der Waals surface area contributed by atoms with E-state index in [2.05, 4.69) is 32.3 Å². The third kappa shape index (κ3) is 2.74. The van der Waals surface area contributed by atoms with Gasteiger partial charge in [-0.3, -0.25) is 0 Å². The average molecular weight is 298 g/mol. The zero-order chi connectivity index (χ0) is 11.5. The minimum atomic E-state index is 0.768. The van der Waals surface area contributed by atoms with Crippen LogP contribution in [0.3, 0.4) is 0 Å². The number of halogens is 1. The molecule has 0 amide bonds. The number of nitrogen functional groups attached to an aromatic ring is 1. The highest BCUT2D eigenvalue weighted by atomic mass is 79.9. The van der Waals surface area contributed by atoms with Crippen LogP contribution in [0.15, 0.2) is 28.2 Å². The number of hydrogen-bond acceptors (Lipinski definition) is 4. The van der Waals surface area contributed by atoms with Crippen molar-refractivity contribution in [3.63, 3.8) is 0 Å². The van der Waals surface area contributed by atoms with E-state index in [1.807, 2.05) is 19.1 Å². The van der Waals surface area contributed by atoms with Gasteiger partial charge in [0.2, 0.25) is 0 Å². The van der Waals surface area contributed by atoms with Crippen LogP contribution in [0.4, 0.5) is 11.5 Å². The Morgan fingerprint density at radius 3 is 2.94 bits per heavy atom. The molecular formula is C11H12BrN3S. The molecule has 0 aliphatic carbocycles. The van der Waals surface area contributed by atoms with Gasteiger partial charge in [-0.2, -0.15) is 0 Å². The van der Waals surface area contributed by atoms with E-state index in [1.165, 1.54) is 4.88 Å². The van der Waals surface area contributed by atoms with E-state index in [1.54, 1.807) is 17.5 Å². The van der Waals surface area contributed by atoms with Gasteiger partial charge in [0.05, 0.1) is 10.3 Å². The average Bonchev–Trinajstić information content (AvgIpc) is 2.66. The monoisotopic (exact) mass is 297 g/mol. The molecule has 0 aromatic carbocycles. The van der Waals surface area contributed by atoms with Crippen molar-refractivity contribution in [2.75, 3.05) is 11.1 Å². The number of rotatable bonds is 3. The van der Waals surface area contributed by atoms with Crippen molar-refractivity contribution in [1.29, 1.82) is 0 Å². The number of nitrogens with zero attached hydrogens (tertiary/aromatic N) is 1. The fourth-order valence-corrected chi connectivity index (χ4v) is 2.68.